The number of carbonyl (C=O) groups is 2. The van der Waals surface area contributed by atoms with Gasteiger partial charge in [-0.2, -0.15) is 0 Å². The number of fused-ring (bicyclic) bond motifs is 4. The van der Waals surface area contributed by atoms with E-state index in [1.165, 1.54) is 45.1 Å². The first-order valence-corrected chi connectivity index (χ1v) is 12.0. The molecular weight excluding hydrogens is 408 g/mol. The maximum Gasteiger partial charge on any atom is 0.290 e. The number of rotatable bonds is 6. The number of ether oxygens (including phenoxy) is 1. The molecule has 7 nitrogen and oxygen atoms in total. The number of likely N-dealkylation sites (tertiary alicyclic amines) is 1. The molecule has 3 saturated heterocycles. The number of methoxy groups -OCH3 is 1. The zero-order valence-electron chi connectivity index (χ0n) is 19.4. The standard InChI is InChI=1S/C24H36N2O3.CH2O2/c1-3-6-20-18-14-19(21-7-4-5-12-26(20)21)16-25(15-18)24(28)11-9-17-8-10-23(29-2)22(27)13-17;2-1-3/h8,10,13,18-21,27H,3-7,9,11-12,14-16H2,1-2H3;1H,(H,2,3)/t18-,19+,20-,21-;/m0./s1. The molecule has 0 aromatic heterocycles. The largest absolute Gasteiger partial charge is 0.504 e. The third kappa shape index (κ3) is 5.55. The van der Waals surface area contributed by atoms with Crippen molar-refractivity contribution in [1.82, 2.24) is 9.80 Å². The van der Waals surface area contributed by atoms with Gasteiger partial charge in [-0.15, -0.1) is 0 Å². The van der Waals surface area contributed by atoms with Gasteiger partial charge >= 0.3 is 0 Å². The Labute approximate surface area is 191 Å². The summed E-state index contributed by atoms with van der Waals surface area (Å²) in [4.78, 5) is 26.4. The first-order valence-electron chi connectivity index (χ1n) is 12.0. The number of aryl methyl sites for hydroxylation is 1. The average Bonchev–Trinajstić information content (AvgIpc) is 2.80. The van der Waals surface area contributed by atoms with E-state index in [9.17, 15) is 9.90 Å². The van der Waals surface area contributed by atoms with E-state index in [0.717, 1.165) is 18.7 Å². The fourth-order valence-corrected chi connectivity index (χ4v) is 6.11. The second kappa shape index (κ2) is 11.5. The number of hydrogen-bond donors (Lipinski definition) is 2. The molecule has 4 atom stereocenters. The number of carboxylic acid groups (broad SMARTS) is 1. The van der Waals surface area contributed by atoms with Gasteiger partial charge in [0.15, 0.2) is 11.5 Å². The van der Waals surface area contributed by atoms with Crippen molar-refractivity contribution in [2.75, 3.05) is 26.7 Å². The maximum atomic E-state index is 13.1. The van der Waals surface area contributed by atoms with Crippen molar-refractivity contribution in [1.29, 1.82) is 0 Å². The summed E-state index contributed by atoms with van der Waals surface area (Å²) in [5, 5.41) is 16.9. The van der Waals surface area contributed by atoms with Crippen LogP contribution in [0.5, 0.6) is 11.5 Å². The van der Waals surface area contributed by atoms with E-state index < -0.39 is 0 Å². The number of phenolic OH excluding ortho intramolecular Hbond substituents is 1. The first-order chi connectivity index (χ1) is 15.5. The van der Waals surface area contributed by atoms with Crippen molar-refractivity contribution in [2.45, 2.75) is 70.4 Å². The molecule has 3 aliphatic heterocycles. The lowest BCUT2D eigenvalue weighted by atomic mass is 9.71. The van der Waals surface area contributed by atoms with Crippen LogP contribution in [0.4, 0.5) is 0 Å². The molecule has 3 heterocycles. The third-order valence-electron chi connectivity index (χ3n) is 7.43. The lowest BCUT2D eigenvalue weighted by Crippen LogP contribution is -2.64. The topological polar surface area (TPSA) is 90.3 Å². The van der Waals surface area contributed by atoms with Crippen LogP contribution in [0, 0.1) is 11.8 Å². The molecule has 3 fully saturated rings. The first kappa shape index (κ1) is 24.4. The van der Waals surface area contributed by atoms with Crippen LogP contribution in [0.3, 0.4) is 0 Å². The van der Waals surface area contributed by atoms with Gasteiger partial charge in [-0.1, -0.05) is 25.8 Å². The molecule has 0 spiro atoms. The van der Waals surface area contributed by atoms with E-state index >= 15 is 0 Å². The van der Waals surface area contributed by atoms with Gasteiger partial charge in [0.25, 0.3) is 6.47 Å². The predicted octanol–water partition coefficient (Wildman–Crippen LogP) is 3.54. The summed E-state index contributed by atoms with van der Waals surface area (Å²) in [5.74, 6) is 2.18. The molecule has 2 bridgehead atoms. The Morgan fingerprint density at radius 1 is 1.25 bits per heavy atom. The zero-order valence-corrected chi connectivity index (χ0v) is 19.4. The van der Waals surface area contributed by atoms with Crippen LogP contribution in [0.2, 0.25) is 0 Å². The quantitative estimate of drug-likeness (QED) is 0.650. The average molecular weight is 447 g/mol. The summed E-state index contributed by atoms with van der Waals surface area (Å²) >= 11 is 0. The maximum absolute atomic E-state index is 13.1. The number of nitrogens with zero attached hydrogens (tertiary/aromatic N) is 2. The van der Waals surface area contributed by atoms with Gasteiger partial charge in [0, 0.05) is 31.6 Å². The van der Waals surface area contributed by atoms with Gasteiger partial charge in [-0.05, 0) is 68.2 Å². The Morgan fingerprint density at radius 2 is 2.00 bits per heavy atom. The van der Waals surface area contributed by atoms with Gasteiger partial charge in [0.2, 0.25) is 5.91 Å². The fraction of sp³-hybridized carbons (Fsp3) is 0.680. The molecule has 1 aromatic carbocycles. The third-order valence-corrected chi connectivity index (χ3v) is 7.43. The molecule has 1 aromatic rings. The van der Waals surface area contributed by atoms with Crippen LogP contribution in [-0.4, -0.2) is 71.2 Å². The summed E-state index contributed by atoms with van der Waals surface area (Å²) in [5.41, 5.74) is 0.983. The fourth-order valence-electron chi connectivity index (χ4n) is 6.11. The summed E-state index contributed by atoms with van der Waals surface area (Å²) in [6, 6.07) is 6.77. The highest BCUT2D eigenvalue weighted by molar-refractivity contribution is 5.76. The van der Waals surface area contributed by atoms with Crippen molar-refractivity contribution in [2.24, 2.45) is 11.8 Å². The number of aromatic hydroxyl groups is 1. The smallest absolute Gasteiger partial charge is 0.290 e. The minimum Gasteiger partial charge on any atom is -0.504 e. The SMILES string of the molecule is CCC[C@H]1[C@H]2C[C@H](CN(C(=O)CCc3ccc(OC)c(O)c3)C2)[C@@H]2CCCCN21.O=CO. The molecule has 0 radical (unpaired) electrons. The Bertz CT molecular complexity index is 771. The summed E-state index contributed by atoms with van der Waals surface area (Å²) < 4.78 is 5.11. The molecule has 32 heavy (non-hydrogen) atoms. The van der Waals surface area contributed by atoms with E-state index in [1.807, 2.05) is 6.07 Å². The van der Waals surface area contributed by atoms with Gasteiger partial charge in [-0.25, -0.2) is 0 Å². The molecule has 178 valence electrons. The number of amides is 1. The second-order valence-corrected chi connectivity index (χ2v) is 9.32. The van der Waals surface area contributed by atoms with E-state index in [-0.39, 0.29) is 18.1 Å². The number of piperidine rings is 3. The molecule has 1 amide bonds. The van der Waals surface area contributed by atoms with E-state index in [1.54, 1.807) is 19.2 Å². The van der Waals surface area contributed by atoms with Crippen molar-refractivity contribution >= 4 is 12.4 Å². The van der Waals surface area contributed by atoms with Crippen molar-refractivity contribution in [3.63, 3.8) is 0 Å². The van der Waals surface area contributed by atoms with Gasteiger partial charge < -0.3 is 19.8 Å². The van der Waals surface area contributed by atoms with Crippen LogP contribution in [0.25, 0.3) is 0 Å². The van der Waals surface area contributed by atoms with Crippen LogP contribution < -0.4 is 4.74 Å². The summed E-state index contributed by atoms with van der Waals surface area (Å²) in [6.45, 7) is 5.17. The molecule has 0 unspecified atom stereocenters. The molecular formula is C25H38N2O5. The van der Waals surface area contributed by atoms with E-state index in [4.69, 9.17) is 14.6 Å². The minimum atomic E-state index is -0.250. The minimum absolute atomic E-state index is 0.143. The highest BCUT2D eigenvalue weighted by atomic mass is 16.5. The normalized spacial score (nSPS) is 27.0. The van der Waals surface area contributed by atoms with Gasteiger partial charge in [0.05, 0.1) is 7.11 Å². The summed E-state index contributed by atoms with van der Waals surface area (Å²) in [7, 11) is 1.55. The van der Waals surface area contributed by atoms with Crippen LogP contribution in [0.15, 0.2) is 18.2 Å². The molecule has 4 rings (SSSR count). The predicted molar refractivity (Wildman–Crippen MR) is 123 cm³/mol. The van der Waals surface area contributed by atoms with Crippen LogP contribution >= 0.6 is 0 Å². The van der Waals surface area contributed by atoms with Gasteiger partial charge in [-0.3, -0.25) is 14.5 Å². The highest BCUT2D eigenvalue weighted by Gasteiger charge is 2.47. The number of carbonyl (C=O) groups excluding carboxylic acids is 1. The van der Waals surface area contributed by atoms with Crippen molar-refractivity contribution in [3.05, 3.63) is 23.8 Å². The Balaban J connectivity index is 0.000000913. The van der Waals surface area contributed by atoms with E-state index in [0.29, 0.717) is 42.5 Å². The van der Waals surface area contributed by atoms with Crippen molar-refractivity contribution < 1.29 is 24.5 Å². The molecule has 2 N–H and O–H groups in total. The van der Waals surface area contributed by atoms with E-state index in [2.05, 4.69) is 16.7 Å². The molecule has 3 aliphatic rings. The summed E-state index contributed by atoms with van der Waals surface area (Å²) in [6.07, 6.45) is 8.97. The monoisotopic (exact) mass is 446 g/mol. The highest BCUT2D eigenvalue weighted by Crippen LogP contribution is 2.42. The lowest BCUT2D eigenvalue weighted by molar-refractivity contribution is -0.141. The Morgan fingerprint density at radius 3 is 2.69 bits per heavy atom. The molecule has 0 saturated carbocycles. The van der Waals surface area contributed by atoms with Gasteiger partial charge in [0.1, 0.15) is 0 Å². The second-order valence-electron chi connectivity index (χ2n) is 9.32. The zero-order chi connectivity index (χ0) is 23.1. The Kier molecular flexibility index (Phi) is 8.79. The van der Waals surface area contributed by atoms with Crippen LogP contribution in [0.1, 0.15) is 57.4 Å². The number of benzene rings is 1. The lowest BCUT2D eigenvalue weighted by Gasteiger charge is -2.57. The number of hydrogen-bond acceptors (Lipinski definition) is 5. The van der Waals surface area contributed by atoms with Crippen LogP contribution in [-0.2, 0) is 16.0 Å². The Hall–Kier alpha value is -2.28. The molecule has 7 heteroatoms. The van der Waals surface area contributed by atoms with Crippen molar-refractivity contribution in [3.8, 4) is 11.5 Å². The number of phenols is 1. The molecule has 0 aliphatic carbocycles.